The molecule has 132 valence electrons. The molecule has 4 aromatic carbocycles. The molecule has 1 unspecified atom stereocenters. The SMILES string of the molecule is C=Cc1ccc2c(c1)-c1ccccc1C21c2ccccc2-c2ccc(C)cc21. The van der Waals surface area contributed by atoms with E-state index in [1.165, 1.54) is 55.6 Å². The molecular weight excluding hydrogens is 336 g/mol. The van der Waals surface area contributed by atoms with E-state index in [9.17, 15) is 0 Å². The van der Waals surface area contributed by atoms with Gasteiger partial charge in [-0.25, -0.2) is 0 Å². The van der Waals surface area contributed by atoms with Crippen LogP contribution in [0, 0.1) is 6.92 Å². The van der Waals surface area contributed by atoms with Gasteiger partial charge in [0.05, 0.1) is 5.41 Å². The fourth-order valence-electron chi connectivity index (χ4n) is 5.40. The molecule has 0 heteroatoms. The van der Waals surface area contributed by atoms with E-state index in [0.717, 1.165) is 0 Å². The lowest BCUT2D eigenvalue weighted by molar-refractivity contribution is 0.792. The standard InChI is InChI=1S/C28H20/c1-3-19-13-15-26-23(17-19)21-9-5-7-11-25(21)28(26)24-10-6-4-8-20(24)22-14-12-18(2)16-27(22)28/h3-17H,1H2,2H3. The van der Waals surface area contributed by atoms with Crippen molar-refractivity contribution in [1.29, 1.82) is 0 Å². The average molecular weight is 356 g/mol. The summed E-state index contributed by atoms with van der Waals surface area (Å²) in [5.41, 5.74) is 13.2. The van der Waals surface area contributed by atoms with E-state index in [4.69, 9.17) is 0 Å². The Morgan fingerprint density at radius 1 is 0.607 bits per heavy atom. The second kappa shape index (κ2) is 5.33. The summed E-state index contributed by atoms with van der Waals surface area (Å²) in [6.07, 6.45) is 1.94. The van der Waals surface area contributed by atoms with Gasteiger partial charge in [0, 0.05) is 0 Å². The summed E-state index contributed by atoms with van der Waals surface area (Å²) in [7, 11) is 0. The molecule has 4 aromatic rings. The van der Waals surface area contributed by atoms with Gasteiger partial charge >= 0.3 is 0 Å². The average Bonchev–Trinajstić information content (AvgIpc) is 3.20. The van der Waals surface area contributed by atoms with Gasteiger partial charge in [0.15, 0.2) is 0 Å². The molecule has 0 saturated carbocycles. The number of fused-ring (bicyclic) bond motifs is 10. The molecule has 0 radical (unpaired) electrons. The second-order valence-corrected chi connectivity index (χ2v) is 7.90. The van der Waals surface area contributed by atoms with E-state index in [0.29, 0.717) is 0 Å². The van der Waals surface area contributed by atoms with Gasteiger partial charge in [-0.2, -0.15) is 0 Å². The maximum absolute atomic E-state index is 3.98. The molecule has 0 aromatic heterocycles. The van der Waals surface area contributed by atoms with Crippen LogP contribution in [0.2, 0.25) is 0 Å². The van der Waals surface area contributed by atoms with E-state index in [1.807, 2.05) is 6.08 Å². The molecule has 0 fully saturated rings. The number of rotatable bonds is 1. The highest BCUT2D eigenvalue weighted by Gasteiger charge is 2.51. The minimum Gasteiger partial charge on any atom is -0.0985 e. The highest BCUT2D eigenvalue weighted by Crippen LogP contribution is 2.62. The molecule has 6 rings (SSSR count). The Morgan fingerprint density at radius 2 is 1.21 bits per heavy atom. The molecule has 0 bridgehead atoms. The number of benzene rings is 4. The van der Waals surface area contributed by atoms with Crippen LogP contribution in [0.5, 0.6) is 0 Å². The Labute approximate surface area is 165 Å². The first kappa shape index (κ1) is 15.7. The van der Waals surface area contributed by atoms with Crippen LogP contribution in [0.25, 0.3) is 28.3 Å². The zero-order chi connectivity index (χ0) is 18.9. The highest BCUT2D eigenvalue weighted by atomic mass is 14.5. The largest absolute Gasteiger partial charge is 0.0985 e. The van der Waals surface area contributed by atoms with Crippen LogP contribution in [0.1, 0.15) is 33.4 Å². The van der Waals surface area contributed by atoms with Gasteiger partial charge in [0.25, 0.3) is 0 Å². The van der Waals surface area contributed by atoms with Crippen molar-refractivity contribution in [3.8, 4) is 22.3 Å². The van der Waals surface area contributed by atoms with Gasteiger partial charge in [0.2, 0.25) is 0 Å². The molecule has 2 aliphatic carbocycles. The molecule has 2 aliphatic rings. The first-order valence-electron chi connectivity index (χ1n) is 9.83. The summed E-state index contributed by atoms with van der Waals surface area (Å²) >= 11 is 0. The van der Waals surface area contributed by atoms with Crippen LogP contribution < -0.4 is 0 Å². The van der Waals surface area contributed by atoms with Crippen molar-refractivity contribution in [3.63, 3.8) is 0 Å². The second-order valence-electron chi connectivity index (χ2n) is 7.90. The van der Waals surface area contributed by atoms with Crippen LogP contribution in [0.4, 0.5) is 0 Å². The van der Waals surface area contributed by atoms with Crippen molar-refractivity contribution in [3.05, 3.63) is 125 Å². The third-order valence-electron chi connectivity index (χ3n) is 6.50. The number of hydrogen-bond donors (Lipinski definition) is 0. The number of aryl methyl sites for hydroxylation is 1. The lowest BCUT2D eigenvalue weighted by atomic mass is 9.70. The fraction of sp³-hybridized carbons (Fsp3) is 0.0714. The smallest absolute Gasteiger partial charge is 0.0725 e. The predicted octanol–water partition coefficient (Wildman–Crippen LogP) is 6.98. The van der Waals surface area contributed by atoms with E-state index < -0.39 is 0 Å². The van der Waals surface area contributed by atoms with Gasteiger partial charge in [-0.15, -0.1) is 0 Å². The Balaban J connectivity index is 1.85. The zero-order valence-corrected chi connectivity index (χ0v) is 15.9. The first-order valence-corrected chi connectivity index (χ1v) is 9.83. The van der Waals surface area contributed by atoms with E-state index in [1.54, 1.807) is 0 Å². The van der Waals surface area contributed by atoms with Gasteiger partial charge in [-0.05, 0) is 63.1 Å². The summed E-state index contributed by atoms with van der Waals surface area (Å²) in [4.78, 5) is 0. The Hall–Kier alpha value is -3.38. The first-order chi connectivity index (χ1) is 13.7. The van der Waals surface area contributed by atoms with E-state index >= 15 is 0 Å². The molecule has 0 aliphatic heterocycles. The van der Waals surface area contributed by atoms with Crippen molar-refractivity contribution in [2.24, 2.45) is 0 Å². The number of hydrogen-bond acceptors (Lipinski definition) is 0. The maximum atomic E-state index is 3.98. The van der Waals surface area contributed by atoms with Gasteiger partial charge < -0.3 is 0 Å². The van der Waals surface area contributed by atoms with Crippen molar-refractivity contribution in [2.45, 2.75) is 12.3 Å². The molecule has 1 atom stereocenters. The minimum atomic E-state index is -0.233. The molecule has 0 N–H and O–H groups in total. The third kappa shape index (κ3) is 1.71. The highest BCUT2D eigenvalue weighted by molar-refractivity contribution is 5.95. The van der Waals surface area contributed by atoms with Crippen molar-refractivity contribution in [2.75, 3.05) is 0 Å². The minimum absolute atomic E-state index is 0.233. The Bertz CT molecular complexity index is 1290. The predicted molar refractivity (Wildman–Crippen MR) is 118 cm³/mol. The third-order valence-corrected chi connectivity index (χ3v) is 6.50. The molecular formula is C28H20. The lowest BCUT2D eigenvalue weighted by Gasteiger charge is -2.30. The van der Waals surface area contributed by atoms with E-state index in [-0.39, 0.29) is 5.41 Å². The molecule has 0 saturated heterocycles. The fourth-order valence-corrected chi connectivity index (χ4v) is 5.40. The monoisotopic (exact) mass is 356 g/mol. The van der Waals surface area contributed by atoms with Crippen molar-refractivity contribution in [1.82, 2.24) is 0 Å². The summed E-state index contributed by atoms with van der Waals surface area (Å²) in [6.45, 7) is 6.18. The van der Waals surface area contributed by atoms with Crippen LogP contribution in [-0.2, 0) is 5.41 Å². The molecule has 0 nitrogen and oxygen atoms in total. The zero-order valence-electron chi connectivity index (χ0n) is 15.9. The lowest BCUT2D eigenvalue weighted by Crippen LogP contribution is -2.25. The van der Waals surface area contributed by atoms with Crippen LogP contribution in [-0.4, -0.2) is 0 Å². The van der Waals surface area contributed by atoms with Crippen LogP contribution in [0.15, 0.2) is 91.5 Å². The van der Waals surface area contributed by atoms with Crippen molar-refractivity contribution >= 4 is 6.08 Å². The molecule has 0 heterocycles. The van der Waals surface area contributed by atoms with Crippen molar-refractivity contribution < 1.29 is 0 Å². The Morgan fingerprint density at radius 3 is 1.93 bits per heavy atom. The molecule has 1 spiro atoms. The Kier molecular flexibility index (Phi) is 2.98. The maximum Gasteiger partial charge on any atom is 0.0725 e. The summed E-state index contributed by atoms with van der Waals surface area (Å²) in [5, 5.41) is 0. The quantitative estimate of drug-likeness (QED) is 0.298. The molecule has 28 heavy (non-hydrogen) atoms. The normalized spacial score (nSPS) is 17.8. The van der Waals surface area contributed by atoms with Gasteiger partial charge in [-0.3, -0.25) is 0 Å². The topological polar surface area (TPSA) is 0 Å². The summed E-state index contributed by atoms with van der Waals surface area (Å²) < 4.78 is 0. The summed E-state index contributed by atoms with van der Waals surface area (Å²) in [6, 6.07) is 31.6. The van der Waals surface area contributed by atoms with Crippen LogP contribution >= 0.6 is 0 Å². The molecule has 0 amide bonds. The van der Waals surface area contributed by atoms with E-state index in [2.05, 4.69) is 98.4 Å². The van der Waals surface area contributed by atoms with Gasteiger partial charge in [-0.1, -0.05) is 97.1 Å². The summed E-state index contributed by atoms with van der Waals surface area (Å²) in [5.74, 6) is 0. The van der Waals surface area contributed by atoms with Crippen LogP contribution in [0.3, 0.4) is 0 Å². The van der Waals surface area contributed by atoms with Gasteiger partial charge in [0.1, 0.15) is 0 Å².